The summed E-state index contributed by atoms with van der Waals surface area (Å²) >= 11 is 0. The van der Waals surface area contributed by atoms with Gasteiger partial charge in [0.1, 0.15) is 0 Å². The van der Waals surface area contributed by atoms with Gasteiger partial charge < -0.3 is 10.2 Å². The molecule has 0 fully saturated rings. The van der Waals surface area contributed by atoms with E-state index in [0.717, 1.165) is 11.3 Å². The molecule has 0 amide bonds. The summed E-state index contributed by atoms with van der Waals surface area (Å²) in [5.74, 6) is 0. The number of halogens is 3. The molecule has 0 aromatic heterocycles. The third-order valence-corrected chi connectivity index (χ3v) is 2.85. The molecule has 1 aromatic carbocycles. The van der Waals surface area contributed by atoms with Crippen LogP contribution in [0.15, 0.2) is 24.3 Å². The number of hydrogen-bond donors (Lipinski definition) is 1. The Balaban J connectivity index is 2.16. The number of nitrogens with zero attached hydrogens (tertiary/aromatic N) is 1. The Morgan fingerprint density at radius 3 is 2.21 bits per heavy atom. The van der Waals surface area contributed by atoms with Gasteiger partial charge in [0.15, 0.2) is 0 Å². The largest absolute Gasteiger partial charge is 0.389 e. The van der Waals surface area contributed by atoms with Gasteiger partial charge in [0.05, 0.1) is 0 Å². The zero-order valence-electron chi connectivity index (χ0n) is 11.4. The number of rotatable bonds is 7. The standard InChI is InChI=1S/C14H21F3N2/c1-19(2)13-7-5-12(6-8-13)11-18-10-4-3-9-14(15,16)17/h5-8,18H,3-4,9-11H2,1-2H3. The minimum absolute atomic E-state index is 0.191. The summed E-state index contributed by atoms with van der Waals surface area (Å²) < 4.78 is 35.7. The van der Waals surface area contributed by atoms with E-state index in [0.29, 0.717) is 19.5 Å². The van der Waals surface area contributed by atoms with Crippen molar-refractivity contribution in [2.75, 3.05) is 25.5 Å². The Morgan fingerprint density at radius 2 is 1.68 bits per heavy atom. The summed E-state index contributed by atoms with van der Waals surface area (Å²) in [5.41, 5.74) is 2.27. The predicted molar refractivity (Wildman–Crippen MR) is 72.4 cm³/mol. The second-order valence-electron chi connectivity index (χ2n) is 4.81. The van der Waals surface area contributed by atoms with E-state index in [9.17, 15) is 13.2 Å². The molecule has 0 aliphatic carbocycles. The van der Waals surface area contributed by atoms with Crippen LogP contribution in [0, 0.1) is 0 Å². The third kappa shape index (κ3) is 7.06. The molecule has 19 heavy (non-hydrogen) atoms. The zero-order valence-corrected chi connectivity index (χ0v) is 11.4. The van der Waals surface area contributed by atoms with Gasteiger partial charge in [-0.15, -0.1) is 0 Å². The van der Waals surface area contributed by atoms with Gasteiger partial charge in [0.2, 0.25) is 0 Å². The number of alkyl halides is 3. The number of hydrogen-bond acceptors (Lipinski definition) is 2. The van der Waals surface area contributed by atoms with Crippen molar-refractivity contribution in [1.29, 1.82) is 0 Å². The van der Waals surface area contributed by atoms with Gasteiger partial charge in [-0.3, -0.25) is 0 Å². The van der Waals surface area contributed by atoms with Crippen molar-refractivity contribution in [3.63, 3.8) is 0 Å². The minimum atomic E-state index is -4.03. The van der Waals surface area contributed by atoms with Gasteiger partial charge >= 0.3 is 6.18 Å². The highest BCUT2D eigenvalue weighted by molar-refractivity contribution is 5.45. The number of benzene rings is 1. The van der Waals surface area contributed by atoms with E-state index in [1.54, 1.807) is 0 Å². The van der Waals surface area contributed by atoms with Crippen LogP contribution in [0.4, 0.5) is 18.9 Å². The molecule has 0 bridgehead atoms. The molecular weight excluding hydrogens is 253 g/mol. The van der Waals surface area contributed by atoms with Gasteiger partial charge in [0.25, 0.3) is 0 Å². The van der Waals surface area contributed by atoms with Crippen molar-refractivity contribution in [1.82, 2.24) is 5.32 Å². The summed E-state index contributed by atoms with van der Waals surface area (Å²) in [5, 5.41) is 3.16. The Labute approximate surface area is 112 Å². The minimum Gasteiger partial charge on any atom is -0.378 e. The quantitative estimate of drug-likeness (QED) is 0.765. The van der Waals surface area contributed by atoms with E-state index >= 15 is 0 Å². The fourth-order valence-corrected chi connectivity index (χ4v) is 1.72. The first kappa shape index (κ1) is 15.8. The molecule has 0 atom stereocenters. The highest BCUT2D eigenvalue weighted by atomic mass is 19.4. The first-order valence-electron chi connectivity index (χ1n) is 6.42. The summed E-state index contributed by atoms with van der Waals surface area (Å²) in [6.07, 6.45) is -3.97. The Bertz CT molecular complexity index is 358. The van der Waals surface area contributed by atoms with E-state index in [4.69, 9.17) is 0 Å². The third-order valence-electron chi connectivity index (χ3n) is 2.85. The molecule has 0 spiro atoms. The van der Waals surface area contributed by atoms with Crippen molar-refractivity contribution >= 4 is 5.69 Å². The molecule has 2 nitrogen and oxygen atoms in total. The SMILES string of the molecule is CN(C)c1ccc(CNCCCCC(F)(F)F)cc1. The summed E-state index contributed by atoms with van der Waals surface area (Å²) in [6, 6.07) is 8.11. The Morgan fingerprint density at radius 1 is 1.05 bits per heavy atom. The van der Waals surface area contributed by atoms with Crippen LogP contribution in [0.3, 0.4) is 0 Å². The molecule has 1 rings (SSSR count). The lowest BCUT2D eigenvalue weighted by Gasteiger charge is -2.13. The molecule has 1 aromatic rings. The summed E-state index contributed by atoms with van der Waals surface area (Å²) in [7, 11) is 3.96. The predicted octanol–water partition coefficient (Wildman–Crippen LogP) is 3.57. The fourth-order valence-electron chi connectivity index (χ4n) is 1.72. The van der Waals surface area contributed by atoms with Crippen LogP contribution in [0.1, 0.15) is 24.8 Å². The normalized spacial score (nSPS) is 11.6. The second kappa shape index (κ2) is 7.38. The van der Waals surface area contributed by atoms with Crippen LogP contribution >= 0.6 is 0 Å². The van der Waals surface area contributed by atoms with Crippen molar-refractivity contribution in [2.45, 2.75) is 32.0 Å². The number of unbranched alkanes of at least 4 members (excludes halogenated alkanes) is 1. The average Bonchev–Trinajstić information content (AvgIpc) is 2.33. The van der Waals surface area contributed by atoms with Crippen LogP contribution in [0.5, 0.6) is 0 Å². The van der Waals surface area contributed by atoms with Gasteiger partial charge in [0, 0.05) is 32.7 Å². The monoisotopic (exact) mass is 274 g/mol. The maximum absolute atomic E-state index is 11.9. The maximum atomic E-state index is 11.9. The molecule has 0 saturated heterocycles. The smallest absolute Gasteiger partial charge is 0.378 e. The fraction of sp³-hybridized carbons (Fsp3) is 0.571. The van der Waals surface area contributed by atoms with Gasteiger partial charge in [-0.2, -0.15) is 13.2 Å². The summed E-state index contributed by atoms with van der Waals surface area (Å²) in [6.45, 7) is 1.31. The molecule has 108 valence electrons. The molecule has 0 heterocycles. The Kier molecular flexibility index (Phi) is 6.15. The Hall–Kier alpha value is -1.23. The van der Waals surface area contributed by atoms with Crippen LogP contribution < -0.4 is 10.2 Å². The van der Waals surface area contributed by atoms with Gasteiger partial charge in [-0.25, -0.2) is 0 Å². The lowest BCUT2D eigenvalue weighted by atomic mass is 10.2. The van der Waals surface area contributed by atoms with Crippen molar-refractivity contribution in [3.05, 3.63) is 29.8 Å². The van der Waals surface area contributed by atoms with E-state index in [2.05, 4.69) is 5.32 Å². The van der Waals surface area contributed by atoms with Crippen molar-refractivity contribution < 1.29 is 13.2 Å². The average molecular weight is 274 g/mol. The second-order valence-corrected chi connectivity index (χ2v) is 4.81. The molecular formula is C14H21F3N2. The molecule has 5 heteroatoms. The van der Waals surface area contributed by atoms with E-state index in [1.807, 2.05) is 43.3 Å². The van der Waals surface area contributed by atoms with Crippen LogP contribution in [0.2, 0.25) is 0 Å². The van der Waals surface area contributed by atoms with Crippen molar-refractivity contribution in [2.24, 2.45) is 0 Å². The lowest BCUT2D eigenvalue weighted by Crippen LogP contribution is -2.16. The first-order valence-corrected chi connectivity index (χ1v) is 6.42. The topological polar surface area (TPSA) is 15.3 Å². The van der Waals surface area contributed by atoms with Gasteiger partial charge in [-0.1, -0.05) is 12.1 Å². The molecule has 0 aliphatic heterocycles. The maximum Gasteiger partial charge on any atom is 0.389 e. The van der Waals surface area contributed by atoms with Crippen molar-refractivity contribution in [3.8, 4) is 0 Å². The molecule has 1 N–H and O–H groups in total. The molecule has 0 radical (unpaired) electrons. The van der Waals surface area contributed by atoms with E-state index in [-0.39, 0.29) is 6.42 Å². The van der Waals surface area contributed by atoms with E-state index < -0.39 is 12.6 Å². The number of nitrogens with one attached hydrogen (secondary N) is 1. The van der Waals surface area contributed by atoms with Gasteiger partial charge in [-0.05, 0) is 37.1 Å². The highest BCUT2D eigenvalue weighted by Crippen LogP contribution is 2.21. The summed E-state index contributed by atoms with van der Waals surface area (Å²) in [4.78, 5) is 2.02. The van der Waals surface area contributed by atoms with Crippen LogP contribution in [-0.2, 0) is 6.54 Å². The van der Waals surface area contributed by atoms with Crippen LogP contribution in [-0.4, -0.2) is 26.8 Å². The highest BCUT2D eigenvalue weighted by Gasteiger charge is 2.25. The lowest BCUT2D eigenvalue weighted by molar-refractivity contribution is -0.135. The zero-order chi connectivity index (χ0) is 14.3. The van der Waals surface area contributed by atoms with E-state index in [1.165, 1.54) is 0 Å². The number of anilines is 1. The molecule has 0 aliphatic rings. The first-order chi connectivity index (χ1) is 8.88. The molecule has 0 saturated carbocycles. The van der Waals surface area contributed by atoms with Crippen LogP contribution in [0.25, 0.3) is 0 Å². The molecule has 0 unspecified atom stereocenters.